The highest BCUT2D eigenvalue weighted by Crippen LogP contribution is 2.40. The van der Waals surface area contributed by atoms with E-state index in [9.17, 15) is 4.79 Å². The average molecular weight is 463 g/mol. The van der Waals surface area contributed by atoms with Gasteiger partial charge in [0.15, 0.2) is 0 Å². The van der Waals surface area contributed by atoms with Crippen molar-refractivity contribution in [3.8, 4) is 17.1 Å². The molecule has 2 fully saturated rings. The molecule has 1 unspecified atom stereocenters. The molecule has 7 heteroatoms. The topological polar surface area (TPSA) is 65.4 Å². The molecule has 1 atom stereocenters. The fourth-order valence-corrected chi connectivity index (χ4v) is 6.20. The lowest BCUT2D eigenvalue weighted by atomic mass is 10.0. The Morgan fingerprint density at radius 3 is 2.73 bits per heavy atom. The summed E-state index contributed by atoms with van der Waals surface area (Å²) in [7, 11) is 3.77. The summed E-state index contributed by atoms with van der Waals surface area (Å²) < 4.78 is 10.5. The molecular formula is C26H30N4O2S. The zero-order valence-corrected chi connectivity index (χ0v) is 20.0. The van der Waals surface area contributed by atoms with Crippen LogP contribution in [0.2, 0.25) is 0 Å². The molecule has 4 heterocycles. The fraction of sp³-hybridized carbons (Fsp3) is 0.423. The first-order valence-electron chi connectivity index (χ1n) is 11.8. The summed E-state index contributed by atoms with van der Waals surface area (Å²) in [6.07, 6.45) is 4.57. The van der Waals surface area contributed by atoms with Crippen LogP contribution in [0.4, 0.5) is 0 Å². The molecular weight excluding hydrogens is 432 g/mol. The number of benzene rings is 1. The maximum absolute atomic E-state index is 13.3. The van der Waals surface area contributed by atoms with Gasteiger partial charge in [-0.15, -0.1) is 11.3 Å². The van der Waals surface area contributed by atoms with Crippen molar-refractivity contribution in [2.24, 2.45) is 18.7 Å². The van der Waals surface area contributed by atoms with Crippen LogP contribution in [0.1, 0.15) is 36.0 Å². The molecule has 2 aliphatic rings. The standard InChI is InChI=1S/C26H30N4O2S/c1-28-21(22-11-17-7-9-33-26(17)30(22)14-16-5-6-16)12-18-10-19(13-23(32-2)24(18)28)25(31)29-8-3-4-20(27)15-29/h7,9-13,16,20H,3-6,8,14-15,27H2,1-2H3. The monoisotopic (exact) mass is 462 g/mol. The molecule has 6 nitrogen and oxygen atoms in total. The van der Waals surface area contributed by atoms with Crippen LogP contribution in [0.15, 0.2) is 35.7 Å². The Bertz CT molecular complexity index is 1360. The number of fused-ring (bicyclic) bond motifs is 2. The Morgan fingerprint density at radius 2 is 1.97 bits per heavy atom. The van der Waals surface area contributed by atoms with Crippen molar-refractivity contribution in [1.29, 1.82) is 0 Å². The Balaban J connectivity index is 1.46. The van der Waals surface area contributed by atoms with Crippen molar-refractivity contribution in [3.05, 3.63) is 41.3 Å². The number of piperidine rings is 1. The Morgan fingerprint density at radius 1 is 1.15 bits per heavy atom. The van der Waals surface area contributed by atoms with Crippen LogP contribution < -0.4 is 10.5 Å². The third-order valence-electron chi connectivity index (χ3n) is 7.21. The van der Waals surface area contributed by atoms with Crippen molar-refractivity contribution < 1.29 is 9.53 Å². The van der Waals surface area contributed by atoms with Crippen LogP contribution >= 0.6 is 11.3 Å². The molecule has 4 aromatic rings. The first kappa shape index (κ1) is 20.8. The number of nitrogens with zero attached hydrogens (tertiary/aromatic N) is 3. The van der Waals surface area contributed by atoms with Gasteiger partial charge in [-0.25, -0.2) is 0 Å². The maximum atomic E-state index is 13.3. The number of ether oxygens (including phenoxy) is 1. The number of carbonyl (C=O) groups excluding carboxylic acids is 1. The normalized spacial score (nSPS) is 19.0. The lowest BCUT2D eigenvalue weighted by Gasteiger charge is -2.31. The predicted octanol–water partition coefficient (Wildman–Crippen LogP) is 4.84. The maximum Gasteiger partial charge on any atom is 0.254 e. The largest absolute Gasteiger partial charge is 0.495 e. The van der Waals surface area contributed by atoms with Crippen molar-refractivity contribution in [1.82, 2.24) is 14.0 Å². The van der Waals surface area contributed by atoms with E-state index in [-0.39, 0.29) is 11.9 Å². The lowest BCUT2D eigenvalue weighted by molar-refractivity contribution is 0.0708. The van der Waals surface area contributed by atoms with Gasteiger partial charge in [-0.1, -0.05) is 0 Å². The number of nitrogens with two attached hydrogens (primary N) is 1. The van der Waals surface area contributed by atoms with Gasteiger partial charge >= 0.3 is 0 Å². The van der Waals surface area contributed by atoms with Crippen molar-refractivity contribution in [3.63, 3.8) is 0 Å². The summed E-state index contributed by atoms with van der Waals surface area (Å²) in [6, 6.07) is 10.7. The summed E-state index contributed by atoms with van der Waals surface area (Å²) in [5, 5.41) is 4.50. The second-order valence-electron chi connectivity index (χ2n) is 9.62. The van der Waals surface area contributed by atoms with E-state index in [0.29, 0.717) is 12.1 Å². The van der Waals surface area contributed by atoms with Gasteiger partial charge in [0.05, 0.1) is 24.0 Å². The van der Waals surface area contributed by atoms with Crippen molar-refractivity contribution in [2.75, 3.05) is 20.2 Å². The molecule has 1 aliphatic carbocycles. The minimum atomic E-state index is 0.0355. The first-order chi connectivity index (χ1) is 16.0. The number of aromatic nitrogens is 2. The predicted molar refractivity (Wildman–Crippen MR) is 134 cm³/mol. The van der Waals surface area contributed by atoms with E-state index in [4.69, 9.17) is 10.5 Å². The molecule has 3 aromatic heterocycles. The minimum Gasteiger partial charge on any atom is -0.495 e. The van der Waals surface area contributed by atoms with Crippen LogP contribution in [0.25, 0.3) is 32.5 Å². The molecule has 1 saturated carbocycles. The number of rotatable bonds is 5. The van der Waals surface area contributed by atoms with Gasteiger partial charge in [0.25, 0.3) is 5.91 Å². The van der Waals surface area contributed by atoms with Gasteiger partial charge in [0, 0.05) is 49.1 Å². The number of carbonyl (C=O) groups is 1. The summed E-state index contributed by atoms with van der Waals surface area (Å²) in [6.45, 7) is 2.44. The number of likely N-dealkylation sites (tertiary alicyclic amines) is 1. The van der Waals surface area contributed by atoms with Gasteiger partial charge in [0.1, 0.15) is 10.6 Å². The summed E-state index contributed by atoms with van der Waals surface area (Å²) in [5.74, 6) is 1.55. The second-order valence-corrected chi connectivity index (χ2v) is 10.5. The number of amides is 1. The van der Waals surface area contributed by atoms with E-state index in [2.05, 4.69) is 39.8 Å². The number of methoxy groups -OCH3 is 1. The fourth-order valence-electron chi connectivity index (χ4n) is 5.29. The van der Waals surface area contributed by atoms with E-state index >= 15 is 0 Å². The van der Waals surface area contributed by atoms with E-state index in [1.54, 1.807) is 7.11 Å². The zero-order chi connectivity index (χ0) is 22.7. The van der Waals surface area contributed by atoms with E-state index in [0.717, 1.165) is 54.2 Å². The Hall–Kier alpha value is -2.77. The molecule has 1 aliphatic heterocycles. The van der Waals surface area contributed by atoms with E-state index in [1.165, 1.54) is 28.8 Å². The number of hydrogen-bond acceptors (Lipinski definition) is 4. The van der Waals surface area contributed by atoms with Crippen molar-refractivity contribution in [2.45, 2.75) is 38.3 Å². The first-order valence-corrected chi connectivity index (χ1v) is 12.7. The third-order valence-corrected chi connectivity index (χ3v) is 8.16. The van der Waals surface area contributed by atoms with Gasteiger partial charge < -0.3 is 24.5 Å². The van der Waals surface area contributed by atoms with Gasteiger partial charge in [-0.3, -0.25) is 4.79 Å². The molecule has 6 rings (SSSR count). The summed E-state index contributed by atoms with van der Waals surface area (Å²) >= 11 is 1.81. The number of thiophene rings is 1. The van der Waals surface area contributed by atoms with Crippen LogP contribution in [-0.2, 0) is 13.6 Å². The molecule has 2 N–H and O–H groups in total. The lowest BCUT2D eigenvalue weighted by Crippen LogP contribution is -2.45. The smallest absolute Gasteiger partial charge is 0.254 e. The Kier molecular flexibility index (Phi) is 4.99. The van der Waals surface area contributed by atoms with Crippen LogP contribution in [0.3, 0.4) is 0 Å². The highest BCUT2D eigenvalue weighted by molar-refractivity contribution is 7.16. The quantitative estimate of drug-likeness (QED) is 0.461. The number of hydrogen-bond donors (Lipinski definition) is 1. The second kappa shape index (κ2) is 7.92. The van der Waals surface area contributed by atoms with E-state index in [1.807, 2.05) is 28.4 Å². The average Bonchev–Trinajstić information content (AvgIpc) is 3.26. The van der Waals surface area contributed by atoms with Gasteiger partial charge in [-0.2, -0.15) is 0 Å². The molecule has 0 radical (unpaired) electrons. The molecule has 0 bridgehead atoms. The SMILES string of the molecule is COc1cc(C(=O)N2CCCC(N)C2)cc2cc(-c3cc4ccsc4n3CC3CC3)n(C)c12. The van der Waals surface area contributed by atoms with Crippen LogP contribution in [0, 0.1) is 5.92 Å². The Labute approximate surface area is 197 Å². The van der Waals surface area contributed by atoms with Gasteiger partial charge in [-0.05, 0) is 67.3 Å². The molecule has 172 valence electrons. The molecule has 1 amide bonds. The summed E-state index contributed by atoms with van der Waals surface area (Å²) in [4.78, 5) is 16.5. The zero-order valence-electron chi connectivity index (χ0n) is 19.2. The third kappa shape index (κ3) is 3.54. The van der Waals surface area contributed by atoms with Crippen LogP contribution in [0.5, 0.6) is 5.75 Å². The van der Waals surface area contributed by atoms with E-state index < -0.39 is 0 Å². The molecule has 0 spiro atoms. The summed E-state index contributed by atoms with van der Waals surface area (Å²) in [5.41, 5.74) is 10.2. The number of aryl methyl sites for hydroxylation is 1. The van der Waals surface area contributed by atoms with Crippen molar-refractivity contribution >= 4 is 38.4 Å². The molecule has 1 aromatic carbocycles. The highest BCUT2D eigenvalue weighted by atomic mass is 32.1. The highest BCUT2D eigenvalue weighted by Gasteiger charge is 2.27. The minimum absolute atomic E-state index is 0.0355. The van der Waals surface area contributed by atoms with Gasteiger partial charge in [0.2, 0.25) is 0 Å². The van der Waals surface area contributed by atoms with Crippen LogP contribution in [-0.4, -0.2) is 46.2 Å². The molecule has 33 heavy (non-hydrogen) atoms. The molecule has 1 saturated heterocycles.